The van der Waals surface area contributed by atoms with Crippen LogP contribution < -0.4 is 0 Å². The molecule has 0 saturated carbocycles. The molecule has 3 rings (SSSR count). The lowest BCUT2D eigenvalue weighted by Gasteiger charge is -2.06. The predicted octanol–water partition coefficient (Wildman–Crippen LogP) is 5.83. The number of nitrogens with zero attached hydrogens (tertiary/aromatic N) is 1. The van der Waals surface area contributed by atoms with E-state index < -0.39 is 0 Å². The number of para-hydroxylation sites is 1. The van der Waals surface area contributed by atoms with E-state index in [0.29, 0.717) is 5.15 Å². The van der Waals surface area contributed by atoms with E-state index in [-0.39, 0.29) is 0 Å². The van der Waals surface area contributed by atoms with Gasteiger partial charge in [0.05, 0.1) is 5.52 Å². The molecule has 0 aliphatic carbocycles. The van der Waals surface area contributed by atoms with Crippen LogP contribution in [0.2, 0.25) is 10.2 Å². The van der Waals surface area contributed by atoms with Gasteiger partial charge in [-0.15, -0.1) is 11.8 Å². The molecule has 1 heterocycles. The Morgan fingerprint density at radius 3 is 2.50 bits per heavy atom. The number of fused-ring (bicyclic) bond motifs is 1. The molecule has 1 aromatic heterocycles. The van der Waals surface area contributed by atoms with Crippen molar-refractivity contribution in [2.45, 2.75) is 10.6 Å². The van der Waals surface area contributed by atoms with Crippen molar-refractivity contribution in [3.63, 3.8) is 0 Å². The number of thioether (sulfide) groups is 1. The van der Waals surface area contributed by atoms with Crippen molar-refractivity contribution in [1.82, 2.24) is 4.98 Å². The summed E-state index contributed by atoms with van der Waals surface area (Å²) in [5.74, 6) is 0.790. The van der Waals surface area contributed by atoms with Crippen molar-refractivity contribution in [3.05, 3.63) is 70.3 Å². The van der Waals surface area contributed by atoms with Gasteiger partial charge in [-0.2, -0.15) is 0 Å². The number of hydrogen-bond donors (Lipinski definition) is 0. The summed E-state index contributed by atoms with van der Waals surface area (Å²) < 4.78 is 0. The largest absolute Gasteiger partial charge is 0.236 e. The van der Waals surface area contributed by atoms with Crippen molar-refractivity contribution < 1.29 is 0 Å². The fourth-order valence-electron chi connectivity index (χ4n) is 1.93. The van der Waals surface area contributed by atoms with Gasteiger partial charge in [0, 0.05) is 26.6 Å². The van der Waals surface area contributed by atoms with Gasteiger partial charge in [0.2, 0.25) is 0 Å². The Kier molecular flexibility index (Phi) is 4.16. The second-order valence-corrected chi connectivity index (χ2v) is 6.22. The lowest BCUT2D eigenvalue weighted by atomic mass is 10.2. The van der Waals surface area contributed by atoms with Crippen molar-refractivity contribution in [2.24, 2.45) is 0 Å². The summed E-state index contributed by atoms with van der Waals surface area (Å²) in [4.78, 5) is 5.60. The monoisotopic (exact) mass is 319 g/mol. The number of benzene rings is 2. The van der Waals surface area contributed by atoms with Crippen molar-refractivity contribution in [1.29, 1.82) is 0 Å². The van der Waals surface area contributed by atoms with E-state index in [1.165, 1.54) is 4.90 Å². The van der Waals surface area contributed by atoms with Crippen LogP contribution in [0.15, 0.2) is 59.5 Å². The highest BCUT2D eigenvalue weighted by Gasteiger charge is 2.05. The average molecular weight is 320 g/mol. The van der Waals surface area contributed by atoms with Gasteiger partial charge < -0.3 is 0 Å². The van der Waals surface area contributed by atoms with Crippen LogP contribution in [0.5, 0.6) is 0 Å². The first kappa shape index (κ1) is 13.7. The Bertz CT molecular complexity index is 741. The zero-order valence-electron chi connectivity index (χ0n) is 10.5. The van der Waals surface area contributed by atoms with Crippen LogP contribution in [0.4, 0.5) is 0 Å². The molecule has 100 valence electrons. The first-order chi connectivity index (χ1) is 9.72. The van der Waals surface area contributed by atoms with Crippen LogP contribution in [0.1, 0.15) is 5.56 Å². The molecule has 0 fully saturated rings. The fourth-order valence-corrected chi connectivity index (χ4v) is 3.22. The molecule has 0 amide bonds. The lowest BCUT2D eigenvalue weighted by molar-refractivity contribution is 1.30. The fraction of sp³-hybridized carbons (Fsp3) is 0.0625. The Morgan fingerprint density at radius 2 is 1.70 bits per heavy atom. The second kappa shape index (κ2) is 6.04. The molecule has 1 nitrogen and oxygen atoms in total. The highest BCUT2D eigenvalue weighted by molar-refractivity contribution is 7.98. The van der Waals surface area contributed by atoms with Gasteiger partial charge in [-0.1, -0.05) is 41.4 Å². The number of hydrogen-bond acceptors (Lipinski definition) is 2. The molecule has 0 saturated heterocycles. The maximum absolute atomic E-state index is 6.25. The van der Waals surface area contributed by atoms with Gasteiger partial charge in [-0.3, -0.25) is 0 Å². The summed E-state index contributed by atoms with van der Waals surface area (Å²) in [6.45, 7) is 0. The van der Waals surface area contributed by atoms with Gasteiger partial charge >= 0.3 is 0 Å². The van der Waals surface area contributed by atoms with Gasteiger partial charge in [0.25, 0.3) is 0 Å². The summed E-state index contributed by atoms with van der Waals surface area (Å²) in [5, 5.41) is 2.44. The second-order valence-electron chi connectivity index (χ2n) is 4.37. The van der Waals surface area contributed by atoms with E-state index in [4.69, 9.17) is 23.2 Å². The van der Waals surface area contributed by atoms with Gasteiger partial charge in [-0.25, -0.2) is 4.98 Å². The zero-order valence-corrected chi connectivity index (χ0v) is 12.8. The van der Waals surface area contributed by atoms with Crippen LogP contribution >= 0.6 is 35.0 Å². The third kappa shape index (κ3) is 3.09. The maximum Gasteiger partial charge on any atom is 0.133 e. The normalized spacial score (nSPS) is 10.9. The Hall–Kier alpha value is -1.22. The standard InChI is InChI=1S/C16H11Cl2NS/c17-13-5-7-14(8-6-13)20-10-12-9-11-3-1-2-4-15(11)19-16(12)18/h1-9H,10H2. The topological polar surface area (TPSA) is 12.9 Å². The number of aromatic nitrogens is 1. The van der Waals surface area contributed by atoms with E-state index in [9.17, 15) is 0 Å². The van der Waals surface area contributed by atoms with E-state index >= 15 is 0 Å². The highest BCUT2D eigenvalue weighted by Crippen LogP contribution is 2.28. The van der Waals surface area contributed by atoms with Crippen LogP contribution in [-0.4, -0.2) is 4.98 Å². The maximum atomic E-state index is 6.25. The third-order valence-electron chi connectivity index (χ3n) is 2.96. The van der Waals surface area contributed by atoms with Crippen molar-refractivity contribution in [2.75, 3.05) is 0 Å². The lowest BCUT2D eigenvalue weighted by Crippen LogP contribution is -1.88. The van der Waals surface area contributed by atoms with Gasteiger partial charge in [0.15, 0.2) is 0 Å². The number of pyridine rings is 1. The number of halogens is 2. The highest BCUT2D eigenvalue weighted by atomic mass is 35.5. The molecular formula is C16H11Cl2NS. The molecule has 3 aromatic rings. The molecule has 2 aromatic carbocycles. The minimum absolute atomic E-state index is 0.574. The summed E-state index contributed by atoms with van der Waals surface area (Å²) in [5.41, 5.74) is 1.98. The molecule has 0 radical (unpaired) electrons. The first-order valence-electron chi connectivity index (χ1n) is 6.15. The SMILES string of the molecule is Clc1ccc(SCc2cc3ccccc3nc2Cl)cc1. The van der Waals surface area contributed by atoms with E-state index in [1.54, 1.807) is 11.8 Å². The predicted molar refractivity (Wildman–Crippen MR) is 87.8 cm³/mol. The summed E-state index contributed by atoms with van der Waals surface area (Å²) in [6.07, 6.45) is 0. The molecule has 0 N–H and O–H groups in total. The molecular weight excluding hydrogens is 309 g/mol. The first-order valence-corrected chi connectivity index (χ1v) is 7.89. The molecule has 0 aliphatic rings. The zero-order chi connectivity index (χ0) is 13.9. The van der Waals surface area contributed by atoms with Crippen molar-refractivity contribution >= 4 is 45.9 Å². The molecule has 4 heteroatoms. The Balaban J connectivity index is 1.83. The number of rotatable bonds is 3. The van der Waals surface area contributed by atoms with Crippen LogP contribution in [-0.2, 0) is 5.75 Å². The third-order valence-corrected chi connectivity index (χ3v) is 4.60. The van der Waals surface area contributed by atoms with E-state index in [2.05, 4.69) is 17.1 Å². The van der Waals surface area contributed by atoms with E-state index in [0.717, 1.165) is 27.2 Å². The molecule has 0 unspecified atom stereocenters. The summed E-state index contributed by atoms with van der Waals surface area (Å²) >= 11 is 13.9. The quantitative estimate of drug-likeness (QED) is 0.444. The van der Waals surface area contributed by atoms with Crippen LogP contribution in [0, 0.1) is 0 Å². The van der Waals surface area contributed by atoms with Crippen LogP contribution in [0.3, 0.4) is 0 Å². The minimum Gasteiger partial charge on any atom is -0.236 e. The minimum atomic E-state index is 0.574. The van der Waals surface area contributed by atoms with E-state index in [1.807, 2.05) is 42.5 Å². The molecule has 0 bridgehead atoms. The van der Waals surface area contributed by atoms with Gasteiger partial charge in [0.1, 0.15) is 5.15 Å². The molecule has 20 heavy (non-hydrogen) atoms. The van der Waals surface area contributed by atoms with Gasteiger partial charge in [-0.05, 0) is 36.4 Å². The summed E-state index contributed by atoms with van der Waals surface area (Å²) in [6, 6.07) is 17.9. The summed E-state index contributed by atoms with van der Waals surface area (Å²) in [7, 11) is 0. The molecule has 0 aliphatic heterocycles. The molecule has 0 atom stereocenters. The van der Waals surface area contributed by atoms with Crippen molar-refractivity contribution in [3.8, 4) is 0 Å². The average Bonchev–Trinajstić information content (AvgIpc) is 2.47. The van der Waals surface area contributed by atoms with Crippen LogP contribution in [0.25, 0.3) is 10.9 Å². The molecule has 0 spiro atoms. The Morgan fingerprint density at radius 1 is 0.950 bits per heavy atom. The smallest absolute Gasteiger partial charge is 0.133 e. The Labute approximate surface area is 131 Å².